The fourth-order valence-corrected chi connectivity index (χ4v) is 2.10. The van der Waals surface area contributed by atoms with Gasteiger partial charge in [0.05, 0.1) is 19.3 Å². The van der Waals surface area contributed by atoms with E-state index in [0.717, 1.165) is 5.56 Å². The van der Waals surface area contributed by atoms with Crippen LogP contribution < -0.4 is 0 Å². The van der Waals surface area contributed by atoms with Gasteiger partial charge in [-0.2, -0.15) is 0 Å². The quantitative estimate of drug-likeness (QED) is 0.862. The summed E-state index contributed by atoms with van der Waals surface area (Å²) in [6, 6.07) is 9.43. The Morgan fingerprint density at radius 1 is 1.41 bits per heavy atom. The summed E-state index contributed by atoms with van der Waals surface area (Å²) in [6.07, 6.45) is 0.673. The number of carboxylic acids is 1. The molecule has 1 fully saturated rings. The SMILES string of the molecule is CC(=C[C@@H]1CN(C(=O)OCc2ccccc2)CCO1)C(=O)O. The van der Waals surface area contributed by atoms with Gasteiger partial charge in [0.2, 0.25) is 0 Å². The van der Waals surface area contributed by atoms with Gasteiger partial charge >= 0.3 is 12.1 Å². The third-order valence-corrected chi connectivity index (χ3v) is 3.33. The van der Waals surface area contributed by atoms with Gasteiger partial charge in [-0.3, -0.25) is 0 Å². The molecule has 0 spiro atoms. The normalized spacial score (nSPS) is 18.9. The van der Waals surface area contributed by atoms with Gasteiger partial charge in [-0.05, 0) is 18.6 Å². The molecule has 1 amide bonds. The Kier molecular flexibility index (Phi) is 5.55. The molecule has 1 aromatic carbocycles. The van der Waals surface area contributed by atoms with Gasteiger partial charge in [0.25, 0.3) is 0 Å². The molecule has 0 unspecified atom stereocenters. The minimum Gasteiger partial charge on any atom is -0.478 e. The lowest BCUT2D eigenvalue weighted by molar-refractivity contribution is -0.132. The van der Waals surface area contributed by atoms with Crippen molar-refractivity contribution in [3.05, 3.63) is 47.5 Å². The van der Waals surface area contributed by atoms with Crippen molar-refractivity contribution in [1.29, 1.82) is 0 Å². The second-order valence-electron chi connectivity index (χ2n) is 5.05. The molecular weight excluding hydrogens is 286 g/mol. The first-order chi connectivity index (χ1) is 10.6. The van der Waals surface area contributed by atoms with Crippen molar-refractivity contribution >= 4 is 12.1 Å². The Balaban J connectivity index is 1.87. The number of aliphatic carboxylic acids is 1. The summed E-state index contributed by atoms with van der Waals surface area (Å²) in [7, 11) is 0. The molecule has 0 bridgehead atoms. The number of nitrogens with zero attached hydrogens (tertiary/aromatic N) is 1. The number of carbonyl (C=O) groups excluding carboxylic acids is 1. The second-order valence-corrected chi connectivity index (χ2v) is 5.05. The van der Waals surface area contributed by atoms with E-state index in [-0.39, 0.29) is 18.7 Å². The van der Waals surface area contributed by atoms with Crippen LogP contribution in [0.25, 0.3) is 0 Å². The second kappa shape index (κ2) is 7.61. The van der Waals surface area contributed by atoms with E-state index in [9.17, 15) is 9.59 Å². The monoisotopic (exact) mass is 305 g/mol. The van der Waals surface area contributed by atoms with Crippen LogP contribution in [0.15, 0.2) is 42.0 Å². The summed E-state index contributed by atoms with van der Waals surface area (Å²) in [5.41, 5.74) is 1.12. The van der Waals surface area contributed by atoms with Crippen LogP contribution >= 0.6 is 0 Å². The highest BCUT2D eigenvalue weighted by molar-refractivity contribution is 5.85. The molecular formula is C16H19NO5. The van der Waals surface area contributed by atoms with Gasteiger partial charge in [0.1, 0.15) is 6.61 Å². The van der Waals surface area contributed by atoms with E-state index in [1.54, 1.807) is 0 Å². The number of carboxylic acid groups (broad SMARTS) is 1. The van der Waals surface area contributed by atoms with E-state index in [0.29, 0.717) is 13.2 Å². The summed E-state index contributed by atoms with van der Waals surface area (Å²) in [5, 5.41) is 8.87. The highest BCUT2D eigenvalue weighted by Gasteiger charge is 2.24. The number of rotatable bonds is 4. The highest BCUT2D eigenvalue weighted by Crippen LogP contribution is 2.11. The molecule has 22 heavy (non-hydrogen) atoms. The lowest BCUT2D eigenvalue weighted by Crippen LogP contribution is -2.45. The molecule has 6 nitrogen and oxygen atoms in total. The van der Waals surface area contributed by atoms with Crippen LogP contribution in [-0.2, 0) is 20.9 Å². The predicted molar refractivity (Wildman–Crippen MR) is 79.3 cm³/mol. The molecule has 1 aliphatic heterocycles. The molecule has 1 aromatic rings. The maximum absolute atomic E-state index is 12.0. The maximum atomic E-state index is 12.0. The van der Waals surface area contributed by atoms with E-state index in [1.165, 1.54) is 17.9 Å². The smallest absolute Gasteiger partial charge is 0.410 e. The van der Waals surface area contributed by atoms with Crippen LogP contribution in [0, 0.1) is 0 Å². The molecule has 1 atom stereocenters. The van der Waals surface area contributed by atoms with Crippen LogP contribution in [0.5, 0.6) is 0 Å². The molecule has 118 valence electrons. The number of benzene rings is 1. The van der Waals surface area contributed by atoms with Gasteiger partial charge in [-0.15, -0.1) is 0 Å². The molecule has 1 N–H and O–H groups in total. The summed E-state index contributed by atoms with van der Waals surface area (Å²) < 4.78 is 10.7. The molecule has 6 heteroatoms. The van der Waals surface area contributed by atoms with E-state index >= 15 is 0 Å². The number of carbonyl (C=O) groups is 2. The Hall–Kier alpha value is -2.34. The molecule has 1 saturated heterocycles. The van der Waals surface area contributed by atoms with Crippen molar-refractivity contribution in [2.24, 2.45) is 0 Å². The fraction of sp³-hybridized carbons (Fsp3) is 0.375. The summed E-state index contributed by atoms with van der Waals surface area (Å²) in [4.78, 5) is 24.4. The van der Waals surface area contributed by atoms with Gasteiger partial charge in [-0.25, -0.2) is 9.59 Å². The molecule has 1 heterocycles. The van der Waals surface area contributed by atoms with Crippen LogP contribution in [0.4, 0.5) is 4.79 Å². The topological polar surface area (TPSA) is 76.1 Å². The minimum atomic E-state index is -0.993. The molecule has 0 aromatic heterocycles. The third-order valence-electron chi connectivity index (χ3n) is 3.33. The largest absolute Gasteiger partial charge is 0.478 e. The zero-order chi connectivity index (χ0) is 15.9. The van der Waals surface area contributed by atoms with Gasteiger partial charge in [0, 0.05) is 12.1 Å². The standard InChI is InChI=1S/C16H19NO5/c1-12(15(18)19)9-14-10-17(7-8-21-14)16(20)22-11-13-5-3-2-4-6-13/h2-6,9,14H,7-8,10-11H2,1H3,(H,18,19)/t14-/m1/s1. The van der Waals surface area contributed by atoms with Crippen molar-refractivity contribution < 1.29 is 24.2 Å². The Morgan fingerprint density at radius 3 is 2.82 bits per heavy atom. The van der Waals surface area contributed by atoms with Crippen LogP contribution in [-0.4, -0.2) is 47.9 Å². The van der Waals surface area contributed by atoms with E-state index in [4.69, 9.17) is 14.6 Å². The lowest BCUT2D eigenvalue weighted by atomic mass is 10.2. The van der Waals surface area contributed by atoms with Crippen LogP contribution in [0.3, 0.4) is 0 Å². The van der Waals surface area contributed by atoms with Gasteiger partial charge in [0.15, 0.2) is 0 Å². The summed E-state index contributed by atoms with van der Waals surface area (Å²) in [5.74, 6) is -0.993. The lowest BCUT2D eigenvalue weighted by Gasteiger charge is -2.31. The predicted octanol–water partition coefficient (Wildman–Crippen LogP) is 2.05. The summed E-state index contributed by atoms with van der Waals surface area (Å²) in [6.45, 7) is 2.79. The molecule has 0 radical (unpaired) electrons. The molecule has 2 rings (SSSR count). The first-order valence-electron chi connectivity index (χ1n) is 7.05. The maximum Gasteiger partial charge on any atom is 0.410 e. The highest BCUT2D eigenvalue weighted by atomic mass is 16.6. The first kappa shape index (κ1) is 16.0. The van der Waals surface area contributed by atoms with E-state index < -0.39 is 18.2 Å². The average molecular weight is 305 g/mol. The fourth-order valence-electron chi connectivity index (χ4n) is 2.10. The van der Waals surface area contributed by atoms with Crippen molar-refractivity contribution in [3.63, 3.8) is 0 Å². The van der Waals surface area contributed by atoms with Crippen molar-refractivity contribution in [3.8, 4) is 0 Å². The van der Waals surface area contributed by atoms with E-state index in [1.807, 2.05) is 30.3 Å². The molecule has 0 saturated carbocycles. The Labute approximate surface area is 128 Å². The number of amides is 1. The average Bonchev–Trinajstić information content (AvgIpc) is 2.53. The van der Waals surface area contributed by atoms with Crippen molar-refractivity contribution in [1.82, 2.24) is 4.90 Å². The Morgan fingerprint density at radius 2 is 2.14 bits per heavy atom. The van der Waals surface area contributed by atoms with E-state index in [2.05, 4.69) is 0 Å². The Bertz CT molecular complexity index is 555. The third kappa shape index (κ3) is 4.60. The molecule has 0 aliphatic carbocycles. The van der Waals surface area contributed by atoms with Crippen molar-refractivity contribution in [2.45, 2.75) is 19.6 Å². The van der Waals surface area contributed by atoms with Crippen LogP contribution in [0.1, 0.15) is 12.5 Å². The minimum absolute atomic E-state index is 0.199. The number of ether oxygens (including phenoxy) is 2. The van der Waals surface area contributed by atoms with Gasteiger partial charge in [-0.1, -0.05) is 30.3 Å². The number of hydrogen-bond acceptors (Lipinski definition) is 4. The first-order valence-corrected chi connectivity index (χ1v) is 7.05. The molecule has 1 aliphatic rings. The van der Waals surface area contributed by atoms with Crippen LogP contribution in [0.2, 0.25) is 0 Å². The summed E-state index contributed by atoms with van der Waals surface area (Å²) >= 11 is 0. The number of hydrogen-bond donors (Lipinski definition) is 1. The number of morpholine rings is 1. The van der Waals surface area contributed by atoms with Crippen molar-refractivity contribution in [2.75, 3.05) is 19.7 Å². The van der Waals surface area contributed by atoms with Gasteiger partial charge < -0.3 is 19.5 Å². The zero-order valence-electron chi connectivity index (χ0n) is 12.4. The zero-order valence-corrected chi connectivity index (χ0v) is 12.4.